The van der Waals surface area contributed by atoms with E-state index in [-0.39, 0.29) is 12.5 Å². The second-order valence-electron chi connectivity index (χ2n) is 9.09. The van der Waals surface area contributed by atoms with E-state index in [0.717, 1.165) is 22.3 Å². The number of carboxylic acid groups (broad SMARTS) is 1. The molecule has 0 fully saturated rings. The Morgan fingerprint density at radius 3 is 2.24 bits per heavy atom. The molecule has 2 amide bonds. The second kappa shape index (κ2) is 9.10. The van der Waals surface area contributed by atoms with Crippen molar-refractivity contribution in [2.24, 2.45) is 5.92 Å². The molecule has 2 aliphatic rings. The number of allylic oxidation sites excluding steroid dienone is 1. The summed E-state index contributed by atoms with van der Waals surface area (Å²) in [6.45, 7) is 3.33. The first-order valence-corrected chi connectivity index (χ1v) is 11.1. The van der Waals surface area contributed by atoms with Gasteiger partial charge < -0.3 is 20.5 Å². The van der Waals surface area contributed by atoms with Crippen LogP contribution < -0.4 is 10.6 Å². The number of rotatable bonds is 6. The number of carboxylic acids is 1. The lowest BCUT2D eigenvalue weighted by molar-refractivity contribution is -0.142. The summed E-state index contributed by atoms with van der Waals surface area (Å²) in [6.07, 6.45) is 3.64. The smallest absolute Gasteiger partial charge is 0.408 e. The van der Waals surface area contributed by atoms with Crippen molar-refractivity contribution < 1.29 is 24.2 Å². The molecule has 7 heteroatoms. The van der Waals surface area contributed by atoms with E-state index in [4.69, 9.17) is 4.74 Å². The topological polar surface area (TPSA) is 105 Å². The molecular formula is C26H28N2O5. The summed E-state index contributed by atoms with van der Waals surface area (Å²) in [4.78, 5) is 36.6. The van der Waals surface area contributed by atoms with Crippen molar-refractivity contribution in [1.82, 2.24) is 10.6 Å². The third-order valence-electron chi connectivity index (χ3n) is 6.32. The van der Waals surface area contributed by atoms with E-state index in [9.17, 15) is 19.5 Å². The number of ether oxygens (including phenoxy) is 1. The maximum Gasteiger partial charge on any atom is 0.408 e. The number of hydrogen-bond acceptors (Lipinski definition) is 4. The second-order valence-corrected chi connectivity index (χ2v) is 9.09. The normalized spacial score (nSPS) is 19.3. The lowest BCUT2D eigenvalue weighted by Crippen LogP contribution is -2.57. The number of benzene rings is 2. The van der Waals surface area contributed by atoms with Gasteiger partial charge in [0.25, 0.3) is 0 Å². The molecular weight excluding hydrogens is 420 g/mol. The third-order valence-corrected chi connectivity index (χ3v) is 6.32. The van der Waals surface area contributed by atoms with Crippen LogP contribution in [0.25, 0.3) is 11.1 Å². The van der Waals surface area contributed by atoms with Crippen LogP contribution in [-0.4, -0.2) is 41.3 Å². The maximum absolute atomic E-state index is 12.8. The largest absolute Gasteiger partial charge is 0.481 e. The summed E-state index contributed by atoms with van der Waals surface area (Å²) in [6, 6.07) is 15.8. The average molecular weight is 449 g/mol. The van der Waals surface area contributed by atoms with E-state index in [1.807, 2.05) is 36.4 Å². The molecule has 2 unspecified atom stereocenters. The molecule has 0 heterocycles. The van der Waals surface area contributed by atoms with E-state index >= 15 is 0 Å². The first-order chi connectivity index (χ1) is 15.8. The average Bonchev–Trinajstić information content (AvgIpc) is 3.11. The molecule has 3 N–H and O–H groups in total. The molecule has 0 aromatic heterocycles. The predicted molar refractivity (Wildman–Crippen MR) is 124 cm³/mol. The number of fused-ring (bicyclic) bond motifs is 3. The van der Waals surface area contributed by atoms with Crippen molar-refractivity contribution in [3.05, 3.63) is 71.8 Å². The van der Waals surface area contributed by atoms with Gasteiger partial charge in [-0.25, -0.2) is 4.79 Å². The molecule has 0 spiro atoms. The molecule has 0 radical (unpaired) electrons. The standard InChI is InChI=1S/C26H28N2O5/c1-26(2,24(31)27-17-9-7-8-16(14-17)23(29)30)28-25(32)33-15-22-20-12-5-3-10-18(20)19-11-4-6-13-21(19)22/h3-7,9-13,16-17,22H,8,14-15H2,1-2H3,(H,27,31)(H,28,32)(H,29,30). The van der Waals surface area contributed by atoms with Crippen LogP contribution >= 0.6 is 0 Å². The first-order valence-electron chi connectivity index (χ1n) is 11.1. The van der Waals surface area contributed by atoms with Crippen molar-refractivity contribution in [2.75, 3.05) is 6.61 Å². The van der Waals surface area contributed by atoms with Crippen molar-refractivity contribution in [3.8, 4) is 11.1 Å². The highest BCUT2D eigenvalue weighted by Gasteiger charge is 2.34. The molecule has 2 atom stereocenters. The van der Waals surface area contributed by atoms with Crippen molar-refractivity contribution in [2.45, 2.75) is 44.2 Å². The molecule has 2 aromatic carbocycles. The molecule has 0 bridgehead atoms. The van der Waals surface area contributed by atoms with Gasteiger partial charge in [-0.15, -0.1) is 0 Å². The highest BCUT2D eigenvalue weighted by Crippen LogP contribution is 2.44. The minimum Gasteiger partial charge on any atom is -0.481 e. The van der Waals surface area contributed by atoms with Gasteiger partial charge in [-0.2, -0.15) is 0 Å². The molecule has 0 saturated carbocycles. The van der Waals surface area contributed by atoms with E-state index in [1.54, 1.807) is 26.0 Å². The van der Waals surface area contributed by atoms with Crippen LogP contribution in [0.5, 0.6) is 0 Å². The van der Waals surface area contributed by atoms with Gasteiger partial charge in [-0.1, -0.05) is 60.7 Å². The fourth-order valence-corrected chi connectivity index (χ4v) is 4.49. The lowest BCUT2D eigenvalue weighted by Gasteiger charge is -2.29. The summed E-state index contributed by atoms with van der Waals surface area (Å²) in [7, 11) is 0. The number of alkyl carbamates (subject to hydrolysis) is 1. The summed E-state index contributed by atoms with van der Waals surface area (Å²) in [5.41, 5.74) is 3.28. The van der Waals surface area contributed by atoms with E-state index in [2.05, 4.69) is 22.8 Å². The van der Waals surface area contributed by atoms with Gasteiger partial charge >= 0.3 is 12.1 Å². The molecule has 172 valence electrons. The Bertz CT molecular complexity index is 1060. The summed E-state index contributed by atoms with van der Waals surface area (Å²) < 4.78 is 5.54. The fourth-order valence-electron chi connectivity index (χ4n) is 4.49. The van der Waals surface area contributed by atoms with Crippen LogP contribution in [0, 0.1) is 5.92 Å². The van der Waals surface area contributed by atoms with E-state index in [0.29, 0.717) is 12.8 Å². The lowest BCUT2D eigenvalue weighted by atomic mass is 9.90. The zero-order valence-electron chi connectivity index (χ0n) is 18.7. The van der Waals surface area contributed by atoms with Crippen LogP contribution in [-0.2, 0) is 14.3 Å². The molecule has 2 aromatic rings. The Labute approximate surface area is 192 Å². The van der Waals surface area contributed by atoms with Gasteiger partial charge in [0.15, 0.2) is 0 Å². The quantitative estimate of drug-likeness (QED) is 0.583. The number of aliphatic carboxylic acids is 1. The Hall–Kier alpha value is -3.61. The SMILES string of the molecule is CC(C)(NC(=O)OCC1c2ccccc2-c2ccccc21)C(=O)NC1C=CCC(C(=O)O)C1. The minimum absolute atomic E-state index is 0.0691. The van der Waals surface area contributed by atoms with Crippen LogP contribution in [0.2, 0.25) is 0 Å². The van der Waals surface area contributed by atoms with E-state index < -0.39 is 35.5 Å². The zero-order chi connectivity index (χ0) is 23.6. The van der Waals surface area contributed by atoms with E-state index in [1.165, 1.54) is 0 Å². The Morgan fingerprint density at radius 1 is 1.03 bits per heavy atom. The van der Waals surface area contributed by atoms with Gasteiger partial charge in [-0.05, 0) is 48.9 Å². The van der Waals surface area contributed by atoms with Crippen molar-refractivity contribution in [1.29, 1.82) is 0 Å². The number of carbonyl (C=O) groups excluding carboxylic acids is 2. The highest BCUT2D eigenvalue weighted by atomic mass is 16.5. The highest BCUT2D eigenvalue weighted by molar-refractivity contribution is 5.89. The van der Waals surface area contributed by atoms with Crippen molar-refractivity contribution in [3.63, 3.8) is 0 Å². The van der Waals surface area contributed by atoms with Crippen molar-refractivity contribution >= 4 is 18.0 Å². The minimum atomic E-state index is -1.23. The Kier molecular flexibility index (Phi) is 6.22. The van der Waals surface area contributed by atoms with Crippen LogP contribution in [0.1, 0.15) is 43.7 Å². The number of nitrogens with one attached hydrogen (secondary N) is 2. The monoisotopic (exact) mass is 448 g/mol. The van der Waals surface area contributed by atoms with Gasteiger partial charge in [0.05, 0.1) is 5.92 Å². The predicted octanol–water partition coefficient (Wildman–Crippen LogP) is 3.84. The molecule has 33 heavy (non-hydrogen) atoms. The number of carbonyl (C=O) groups is 3. The van der Waals surface area contributed by atoms with Crippen LogP contribution in [0.4, 0.5) is 4.79 Å². The number of amides is 2. The molecule has 4 rings (SSSR count). The molecule has 7 nitrogen and oxygen atoms in total. The molecule has 0 aliphatic heterocycles. The van der Waals surface area contributed by atoms with Crippen LogP contribution in [0.15, 0.2) is 60.7 Å². The van der Waals surface area contributed by atoms with Crippen LogP contribution in [0.3, 0.4) is 0 Å². The maximum atomic E-state index is 12.8. The Balaban J connectivity index is 1.36. The third kappa shape index (κ3) is 4.77. The molecule has 0 saturated heterocycles. The van der Waals surface area contributed by atoms with Gasteiger partial charge in [0, 0.05) is 12.0 Å². The zero-order valence-corrected chi connectivity index (χ0v) is 18.7. The van der Waals surface area contributed by atoms with Gasteiger partial charge in [0.1, 0.15) is 12.1 Å². The number of hydrogen-bond donors (Lipinski definition) is 3. The summed E-state index contributed by atoms with van der Waals surface area (Å²) in [5, 5.41) is 14.7. The fraction of sp³-hybridized carbons (Fsp3) is 0.346. The molecule has 2 aliphatic carbocycles. The van der Waals surface area contributed by atoms with Gasteiger partial charge in [0.2, 0.25) is 5.91 Å². The van der Waals surface area contributed by atoms with Gasteiger partial charge in [-0.3, -0.25) is 9.59 Å². The Morgan fingerprint density at radius 2 is 1.64 bits per heavy atom. The first kappa shape index (κ1) is 22.6. The summed E-state index contributed by atoms with van der Waals surface area (Å²) >= 11 is 0. The summed E-state index contributed by atoms with van der Waals surface area (Å²) in [5.74, 6) is -1.88.